The van der Waals surface area contributed by atoms with Gasteiger partial charge in [0.1, 0.15) is 24.7 Å². The second-order valence-corrected chi connectivity index (χ2v) is 7.87. The molecule has 0 saturated carbocycles. The summed E-state index contributed by atoms with van der Waals surface area (Å²) < 4.78 is 12.1. The van der Waals surface area contributed by atoms with E-state index in [1.165, 1.54) is 10.9 Å². The van der Waals surface area contributed by atoms with Crippen molar-refractivity contribution in [3.8, 4) is 11.5 Å². The van der Waals surface area contributed by atoms with Gasteiger partial charge in [0, 0.05) is 12.1 Å². The van der Waals surface area contributed by atoms with Gasteiger partial charge >= 0.3 is 0 Å². The number of para-hydroxylation sites is 1. The van der Waals surface area contributed by atoms with Crippen LogP contribution in [0.4, 0.5) is 0 Å². The Morgan fingerprint density at radius 3 is 2.33 bits per heavy atom. The van der Waals surface area contributed by atoms with Crippen LogP contribution >= 0.6 is 0 Å². The van der Waals surface area contributed by atoms with E-state index in [4.69, 9.17) is 15.2 Å². The molecule has 0 aliphatic carbocycles. The predicted octanol–water partition coefficient (Wildman–Crippen LogP) is 5.36. The third-order valence-corrected chi connectivity index (χ3v) is 4.81. The maximum absolute atomic E-state index is 6.12. The van der Waals surface area contributed by atoms with Crippen molar-refractivity contribution in [2.45, 2.75) is 39.7 Å². The van der Waals surface area contributed by atoms with Crippen LogP contribution < -0.4 is 15.2 Å². The Morgan fingerprint density at radius 1 is 0.852 bits per heavy atom. The summed E-state index contributed by atoms with van der Waals surface area (Å²) >= 11 is 0. The molecule has 0 amide bonds. The van der Waals surface area contributed by atoms with E-state index in [1.807, 2.05) is 18.2 Å². The molecule has 3 aromatic carbocycles. The first-order valence-electron chi connectivity index (χ1n) is 9.48. The molecular formula is C24H29NO2. The fourth-order valence-corrected chi connectivity index (χ4v) is 3.39. The molecule has 142 valence electrons. The van der Waals surface area contributed by atoms with Gasteiger partial charge < -0.3 is 15.2 Å². The molecule has 0 fully saturated rings. The Bertz CT molecular complexity index is 925. The van der Waals surface area contributed by atoms with Gasteiger partial charge in [-0.3, -0.25) is 0 Å². The molecule has 2 N–H and O–H groups in total. The highest BCUT2D eigenvalue weighted by molar-refractivity contribution is 5.87. The first-order valence-corrected chi connectivity index (χ1v) is 9.48. The standard InChI is InChI=1S/C24H29NO2/c1-17-8-7-11-21(24(2,3)4)23(17)27-15-14-26-22-13-12-18-9-5-6-10-19(18)20(22)16-25/h5-13H,14-16,25H2,1-4H3. The smallest absolute Gasteiger partial charge is 0.126 e. The molecule has 0 heterocycles. The van der Waals surface area contributed by atoms with Gasteiger partial charge in [0.15, 0.2) is 0 Å². The average Bonchev–Trinajstić information content (AvgIpc) is 2.64. The summed E-state index contributed by atoms with van der Waals surface area (Å²) in [4.78, 5) is 0. The van der Waals surface area contributed by atoms with Crippen LogP contribution in [-0.4, -0.2) is 13.2 Å². The highest BCUT2D eigenvalue weighted by atomic mass is 16.5. The minimum atomic E-state index is 0.0350. The lowest BCUT2D eigenvalue weighted by Crippen LogP contribution is -2.17. The SMILES string of the molecule is Cc1cccc(C(C)(C)C)c1OCCOc1ccc2ccccc2c1CN. The topological polar surface area (TPSA) is 44.5 Å². The quantitative estimate of drug-likeness (QED) is 0.599. The molecule has 0 aliphatic rings. The molecule has 3 rings (SSSR count). The molecule has 0 aliphatic heterocycles. The van der Waals surface area contributed by atoms with Crippen molar-refractivity contribution in [1.29, 1.82) is 0 Å². The number of rotatable bonds is 6. The van der Waals surface area contributed by atoms with E-state index in [-0.39, 0.29) is 5.41 Å². The summed E-state index contributed by atoms with van der Waals surface area (Å²) in [6.07, 6.45) is 0. The van der Waals surface area contributed by atoms with Crippen molar-refractivity contribution in [3.05, 3.63) is 71.3 Å². The number of nitrogens with two attached hydrogens (primary N) is 1. The zero-order valence-corrected chi connectivity index (χ0v) is 16.7. The number of fused-ring (bicyclic) bond motifs is 1. The van der Waals surface area contributed by atoms with Crippen molar-refractivity contribution >= 4 is 10.8 Å². The van der Waals surface area contributed by atoms with Crippen molar-refractivity contribution in [2.75, 3.05) is 13.2 Å². The molecule has 0 radical (unpaired) electrons. The molecule has 0 aromatic heterocycles. The fourth-order valence-electron chi connectivity index (χ4n) is 3.39. The molecule has 27 heavy (non-hydrogen) atoms. The van der Waals surface area contributed by atoms with E-state index in [0.717, 1.165) is 28.0 Å². The fraction of sp³-hybridized carbons (Fsp3) is 0.333. The zero-order valence-electron chi connectivity index (χ0n) is 16.7. The van der Waals surface area contributed by atoms with Crippen LogP contribution in [-0.2, 0) is 12.0 Å². The number of benzene rings is 3. The lowest BCUT2D eigenvalue weighted by Gasteiger charge is -2.24. The molecule has 0 bridgehead atoms. The normalized spacial score (nSPS) is 11.6. The first-order chi connectivity index (χ1) is 12.9. The summed E-state index contributed by atoms with van der Waals surface area (Å²) in [5.74, 6) is 1.80. The van der Waals surface area contributed by atoms with Crippen molar-refractivity contribution in [3.63, 3.8) is 0 Å². The summed E-state index contributed by atoms with van der Waals surface area (Å²) in [6.45, 7) is 10.1. The Labute approximate surface area is 162 Å². The lowest BCUT2D eigenvalue weighted by molar-refractivity contribution is 0.212. The van der Waals surface area contributed by atoms with Gasteiger partial charge in [-0.25, -0.2) is 0 Å². The van der Waals surface area contributed by atoms with E-state index >= 15 is 0 Å². The van der Waals surface area contributed by atoms with Crippen molar-refractivity contribution < 1.29 is 9.47 Å². The van der Waals surface area contributed by atoms with Crippen LogP contribution in [0.5, 0.6) is 11.5 Å². The number of aryl methyl sites for hydroxylation is 1. The maximum atomic E-state index is 6.12. The molecule has 0 saturated heterocycles. The van der Waals surface area contributed by atoms with Crippen LogP contribution in [0.1, 0.15) is 37.5 Å². The first kappa shape index (κ1) is 19.2. The van der Waals surface area contributed by atoms with Crippen LogP contribution in [0.2, 0.25) is 0 Å². The molecule has 3 heteroatoms. The van der Waals surface area contributed by atoms with E-state index in [1.54, 1.807) is 0 Å². The van der Waals surface area contributed by atoms with E-state index < -0.39 is 0 Å². The second kappa shape index (κ2) is 8.01. The van der Waals surface area contributed by atoms with Crippen LogP contribution in [0.25, 0.3) is 10.8 Å². The van der Waals surface area contributed by atoms with E-state index in [2.05, 4.69) is 64.1 Å². The van der Waals surface area contributed by atoms with Crippen LogP contribution in [0.15, 0.2) is 54.6 Å². The average molecular weight is 364 g/mol. The molecular weight excluding hydrogens is 334 g/mol. The molecule has 0 atom stereocenters. The van der Waals surface area contributed by atoms with Gasteiger partial charge in [-0.1, -0.05) is 69.3 Å². The van der Waals surface area contributed by atoms with E-state index in [0.29, 0.717) is 19.8 Å². The van der Waals surface area contributed by atoms with Crippen LogP contribution in [0.3, 0.4) is 0 Å². The molecule has 3 aromatic rings. The van der Waals surface area contributed by atoms with Crippen molar-refractivity contribution in [1.82, 2.24) is 0 Å². The Kier molecular flexibility index (Phi) is 5.71. The molecule has 0 unspecified atom stereocenters. The number of ether oxygens (including phenoxy) is 2. The van der Waals surface area contributed by atoms with Gasteiger partial charge in [0.25, 0.3) is 0 Å². The van der Waals surface area contributed by atoms with Gasteiger partial charge in [-0.15, -0.1) is 0 Å². The number of hydrogen-bond donors (Lipinski definition) is 1. The minimum absolute atomic E-state index is 0.0350. The van der Waals surface area contributed by atoms with Crippen molar-refractivity contribution in [2.24, 2.45) is 5.73 Å². The van der Waals surface area contributed by atoms with E-state index in [9.17, 15) is 0 Å². The highest BCUT2D eigenvalue weighted by Crippen LogP contribution is 2.34. The second-order valence-electron chi connectivity index (χ2n) is 7.87. The monoisotopic (exact) mass is 363 g/mol. The molecule has 3 nitrogen and oxygen atoms in total. The van der Waals surface area contributed by atoms with Gasteiger partial charge in [0.05, 0.1) is 0 Å². The summed E-state index contributed by atoms with van der Waals surface area (Å²) in [6, 6.07) is 18.6. The zero-order chi connectivity index (χ0) is 19.4. The number of hydrogen-bond acceptors (Lipinski definition) is 3. The third kappa shape index (κ3) is 4.25. The predicted molar refractivity (Wildman–Crippen MR) is 113 cm³/mol. The lowest BCUT2D eigenvalue weighted by atomic mass is 9.85. The third-order valence-electron chi connectivity index (χ3n) is 4.81. The molecule has 0 spiro atoms. The summed E-state index contributed by atoms with van der Waals surface area (Å²) in [5.41, 5.74) is 9.43. The van der Waals surface area contributed by atoms with Gasteiger partial charge in [0.2, 0.25) is 0 Å². The van der Waals surface area contributed by atoms with Gasteiger partial charge in [-0.05, 0) is 40.3 Å². The summed E-state index contributed by atoms with van der Waals surface area (Å²) in [5, 5.41) is 2.32. The van der Waals surface area contributed by atoms with Gasteiger partial charge in [-0.2, -0.15) is 0 Å². The largest absolute Gasteiger partial charge is 0.490 e. The minimum Gasteiger partial charge on any atom is -0.490 e. The maximum Gasteiger partial charge on any atom is 0.126 e. The Morgan fingerprint density at radius 2 is 1.59 bits per heavy atom. The summed E-state index contributed by atoms with van der Waals surface area (Å²) in [7, 11) is 0. The Balaban J connectivity index is 1.71. The van der Waals surface area contributed by atoms with Crippen LogP contribution in [0, 0.1) is 6.92 Å². The Hall–Kier alpha value is -2.52. The highest BCUT2D eigenvalue weighted by Gasteiger charge is 2.20.